The van der Waals surface area contributed by atoms with Gasteiger partial charge < -0.3 is 4.74 Å². The summed E-state index contributed by atoms with van der Waals surface area (Å²) in [7, 11) is 0. The Bertz CT molecular complexity index is 551. The van der Waals surface area contributed by atoms with Gasteiger partial charge in [0.05, 0.1) is 0 Å². The molecule has 0 amide bonds. The van der Waals surface area contributed by atoms with E-state index < -0.39 is 0 Å². The molecule has 0 radical (unpaired) electrons. The molecule has 0 unspecified atom stereocenters. The standard InChI is InChI=1S/C14H11BrClFO/c1-9-2-3-12(16)7-14(9)18-8-10-4-11(15)6-13(17)5-10/h2-7H,8H2,1H3. The van der Waals surface area contributed by atoms with Crippen LogP contribution >= 0.6 is 27.5 Å². The minimum atomic E-state index is -0.286. The van der Waals surface area contributed by atoms with Crippen molar-refractivity contribution in [1.82, 2.24) is 0 Å². The van der Waals surface area contributed by atoms with Crippen molar-refractivity contribution in [3.63, 3.8) is 0 Å². The molecule has 0 N–H and O–H groups in total. The zero-order valence-electron chi connectivity index (χ0n) is 9.71. The van der Waals surface area contributed by atoms with Crippen molar-refractivity contribution in [1.29, 1.82) is 0 Å². The van der Waals surface area contributed by atoms with E-state index in [4.69, 9.17) is 16.3 Å². The van der Waals surface area contributed by atoms with E-state index in [9.17, 15) is 4.39 Å². The summed E-state index contributed by atoms with van der Waals surface area (Å²) in [4.78, 5) is 0. The summed E-state index contributed by atoms with van der Waals surface area (Å²) < 4.78 is 19.5. The van der Waals surface area contributed by atoms with E-state index in [0.29, 0.717) is 21.9 Å². The zero-order valence-corrected chi connectivity index (χ0v) is 12.1. The van der Waals surface area contributed by atoms with Gasteiger partial charge >= 0.3 is 0 Å². The molecule has 4 heteroatoms. The van der Waals surface area contributed by atoms with Gasteiger partial charge in [0.15, 0.2) is 0 Å². The molecule has 1 nitrogen and oxygen atoms in total. The van der Waals surface area contributed by atoms with Crippen molar-refractivity contribution < 1.29 is 9.13 Å². The van der Waals surface area contributed by atoms with Gasteiger partial charge in [-0.15, -0.1) is 0 Å². The van der Waals surface area contributed by atoms with Crippen LogP contribution in [-0.4, -0.2) is 0 Å². The van der Waals surface area contributed by atoms with E-state index in [-0.39, 0.29) is 5.82 Å². The molecule has 94 valence electrons. The van der Waals surface area contributed by atoms with Gasteiger partial charge in [0.25, 0.3) is 0 Å². The molecule has 0 spiro atoms. The van der Waals surface area contributed by atoms with Gasteiger partial charge in [0.1, 0.15) is 18.2 Å². The lowest BCUT2D eigenvalue weighted by atomic mass is 10.2. The predicted octanol–water partition coefficient (Wildman–Crippen LogP) is 5.13. The summed E-state index contributed by atoms with van der Waals surface area (Å²) in [5, 5.41) is 0.621. The third-order valence-electron chi connectivity index (χ3n) is 2.47. The van der Waals surface area contributed by atoms with Crippen LogP contribution in [0.1, 0.15) is 11.1 Å². The largest absolute Gasteiger partial charge is 0.489 e. The molecule has 2 aromatic carbocycles. The molecule has 0 atom stereocenters. The molecule has 0 saturated heterocycles. The van der Waals surface area contributed by atoms with Crippen LogP contribution in [0.25, 0.3) is 0 Å². The number of aryl methyl sites for hydroxylation is 1. The second kappa shape index (κ2) is 5.72. The van der Waals surface area contributed by atoms with Crippen LogP contribution in [0.2, 0.25) is 5.02 Å². The zero-order chi connectivity index (χ0) is 13.1. The summed E-state index contributed by atoms with van der Waals surface area (Å²) >= 11 is 9.15. The lowest BCUT2D eigenvalue weighted by molar-refractivity contribution is 0.303. The first-order valence-electron chi connectivity index (χ1n) is 5.38. The Morgan fingerprint density at radius 1 is 1.22 bits per heavy atom. The normalized spacial score (nSPS) is 10.4. The highest BCUT2D eigenvalue weighted by molar-refractivity contribution is 9.10. The van der Waals surface area contributed by atoms with Crippen LogP contribution < -0.4 is 4.74 Å². The molecule has 0 aliphatic carbocycles. The van der Waals surface area contributed by atoms with E-state index in [1.54, 1.807) is 6.07 Å². The summed E-state index contributed by atoms with van der Waals surface area (Å²) in [5.74, 6) is 0.425. The van der Waals surface area contributed by atoms with Crippen molar-refractivity contribution in [2.24, 2.45) is 0 Å². The van der Waals surface area contributed by atoms with Gasteiger partial charge in [-0.25, -0.2) is 4.39 Å². The van der Waals surface area contributed by atoms with Crippen LogP contribution in [0.4, 0.5) is 4.39 Å². The smallest absolute Gasteiger partial charge is 0.124 e. The highest BCUT2D eigenvalue weighted by Gasteiger charge is 2.03. The Balaban J connectivity index is 2.13. The lowest BCUT2D eigenvalue weighted by Gasteiger charge is -2.10. The summed E-state index contributed by atoms with van der Waals surface area (Å²) in [6.07, 6.45) is 0. The fraction of sp³-hybridized carbons (Fsp3) is 0.143. The van der Waals surface area contributed by atoms with Crippen molar-refractivity contribution in [3.8, 4) is 5.75 Å². The van der Waals surface area contributed by atoms with E-state index in [1.165, 1.54) is 12.1 Å². The van der Waals surface area contributed by atoms with E-state index in [2.05, 4.69) is 15.9 Å². The van der Waals surface area contributed by atoms with Gasteiger partial charge in [0.2, 0.25) is 0 Å². The fourth-order valence-electron chi connectivity index (χ4n) is 1.58. The fourth-order valence-corrected chi connectivity index (χ4v) is 2.26. The Hall–Kier alpha value is -1.06. The second-order valence-electron chi connectivity index (χ2n) is 3.98. The summed E-state index contributed by atoms with van der Waals surface area (Å²) in [6, 6.07) is 10.1. The van der Waals surface area contributed by atoms with E-state index >= 15 is 0 Å². The van der Waals surface area contributed by atoms with E-state index in [1.807, 2.05) is 25.1 Å². The summed E-state index contributed by atoms with van der Waals surface area (Å²) in [5.41, 5.74) is 1.76. The Morgan fingerprint density at radius 3 is 2.72 bits per heavy atom. The number of hydrogen-bond donors (Lipinski definition) is 0. The highest BCUT2D eigenvalue weighted by Crippen LogP contribution is 2.24. The van der Waals surface area contributed by atoms with Crippen molar-refractivity contribution in [3.05, 3.63) is 62.8 Å². The molecule has 0 bridgehead atoms. The second-order valence-corrected chi connectivity index (χ2v) is 5.33. The average molecular weight is 330 g/mol. The van der Waals surface area contributed by atoms with Crippen LogP contribution in [0.15, 0.2) is 40.9 Å². The summed E-state index contributed by atoms with van der Waals surface area (Å²) in [6.45, 7) is 2.24. The number of benzene rings is 2. The first kappa shape index (κ1) is 13.4. The molecular formula is C14H11BrClFO. The molecule has 2 rings (SSSR count). The Morgan fingerprint density at radius 2 is 2.00 bits per heavy atom. The van der Waals surface area contributed by atoms with Crippen molar-refractivity contribution >= 4 is 27.5 Å². The monoisotopic (exact) mass is 328 g/mol. The van der Waals surface area contributed by atoms with Gasteiger partial charge in [0, 0.05) is 9.50 Å². The minimum Gasteiger partial charge on any atom is -0.489 e. The molecule has 18 heavy (non-hydrogen) atoms. The molecule has 0 saturated carbocycles. The SMILES string of the molecule is Cc1ccc(Cl)cc1OCc1cc(F)cc(Br)c1. The minimum absolute atomic E-state index is 0.286. The lowest BCUT2D eigenvalue weighted by Crippen LogP contribution is -1.97. The maximum atomic E-state index is 13.2. The van der Waals surface area contributed by atoms with Crippen LogP contribution in [0, 0.1) is 12.7 Å². The third kappa shape index (κ3) is 3.47. The predicted molar refractivity (Wildman–Crippen MR) is 74.6 cm³/mol. The van der Waals surface area contributed by atoms with Gasteiger partial charge in [-0.1, -0.05) is 33.6 Å². The number of halogens is 3. The van der Waals surface area contributed by atoms with E-state index in [0.717, 1.165) is 11.1 Å². The molecular weight excluding hydrogens is 319 g/mol. The van der Waals surface area contributed by atoms with Gasteiger partial charge in [-0.2, -0.15) is 0 Å². The molecule has 0 aliphatic rings. The Kier molecular flexibility index (Phi) is 4.25. The first-order valence-corrected chi connectivity index (χ1v) is 6.55. The number of rotatable bonds is 3. The maximum Gasteiger partial charge on any atom is 0.124 e. The van der Waals surface area contributed by atoms with Crippen LogP contribution in [0.3, 0.4) is 0 Å². The van der Waals surface area contributed by atoms with Crippen LogP contribution in [0.5, 0.6) is 5.75 Å². The third-order valence-corrected chi connectivity index (χ3v) is 3.16. The molecule has 2 aromatic rings. The Labute approximate surface area is 119 Å². The van der Waals surface area contributed by atoms with Gasteiger partial charge in [-0.3, -0.25) is 0 Å². The topological polar surface area (TPSA) is 9.23 Å². The number of ether oxygens (including phenoxy) is 1. The van der Waals surface area contributed by atoms with Crippen LogP contribution in [-0.2, 0) is 6.61 Å². The average Bonchev–Trinajstić information content (AvgIpc) is 2.29. The quantitative estimate of drug-likeness (QED) is 0.758. The molecule has 0 fully saturated rings. The highest BCUT2D eigenvalue weighted by atomic mass is 79.9. The molecule has 0 heterocycles. The maximum absolute atomic E-state index is 13.2. The van der Waals surface area contributed by atoms with Gasteiger partial charge in [-0.05, 0) is 48.4 Å². The molecule has 0 aliphatic heterocycles. The van der Waals surface area contributed by atoms with Crippen molar-refractivity contribution in [2.75, 3.05) is 0 Å². The number of hydrogen-bond acceptors (Lipinski definition) is 1. The van der Waals surface area contributed by atoms with Crippen molar-refractivity contribution in [2.45, 2.75) is 13.5 Å². The molecule has 0 aromatic heterocycles. The first-order chi connectivity index (χ1) is 8.54.